The van der Waals surface area contributed by atoms with Gasteiger partial charge in [0.1, 0.15) is 0 Å². The summed E-state index contributed by atoms with van der Waals surface area (Å²) in [4.78, 5) is 25.0. The molecule has 1 aliphatic heterocycles. The molecule has 1 heterocycles. The summed E-state index contributed by atoms with van der Waals surface area (Å²) in [5.41, 5.74) is 0. The van der Waals surface area contributed by atoms with Crippen LogP contribution in [0.3, 0.4) is 0 Å². The molecule has 1 saturated carbocycles. The SMILES string of the molecule is CNC(=O)NC(=O)CN(CC1CCCN1)C1CC1. The number of rotatable bonds is 5. The fourth-order valence-corrected chi connectivity index (χ4v) is 2.39. The minimum absolute atomic E-state index is 0.223. The highest BCUT2D eigenvalue weighted by Gasteiger charge is 2.32. The first-order valence-electron chi connectivity index (χ1n) is 6.68. The van der Waals surface area contributed by atoms with E-state index < -0.39 is 6.03 Å². The second kappa shape index (κ2) is 6.15. The molecule has 2 rings (SSSR count). The smallest absolute Gasteiger partial charge is 0.321 e. The Labute approximate surface area is 107 Å². The number of carbonyl (C=O) groups is 2. The quantitative estimate of drug-likeness (QED) is 0.627. The van der Waals surface area contributed by atoms with Gasteiger partial charge in [0.25, 0.3) is 0 Å². The molecule has 2 aliphatic rings. The van der Waals surface area contributed by atoms with E-state index >= 15 is 0 Å². The Morgan fingerprint density at radius 3 is 2.67 bits per heavy atom. The lowest BCUT2D eigenvalue weighted by atomic mass is 10.2. The van der Waals surface area contributed by atoms with Crippen molar-refractivity contribution in [2.75, 3.05) is 26.7 Å². The average molecular weight is 254 g/mol. The molecule has 0 aromatic heterocycles. The van der Waals surface area contributed by atoms with Crippen LogP contribution >= 0.6 is 0 Å². The number of hydrogen-bond donors (Lipinski definition) is 3. The highest BCUT2D eigenvalue weighted by molar-refractivity contribution is 5.95. The normalized spacial score (nSPS) is 23.1. The van der Waals surface area contributed by atoms with Crippen LogP contribution in [-0.4, -0.2) is 55.6 Å². The Morgan fingerprint density at radius 1 is 1.33 bits per heavy atom. The first-order valence-corrected chi connectivity index (χ1v) is 6.68. The zero-order valence-corrected chi connectivity index (χ0v) is 10.9. The Bertz CT molecular complexity index is 311. The molecular weight excluding hydrogens is 232 g/mol. The molecule has 0 aromatic rings. The van der Waals surface area contributed by atoms with Gasteiger partial charge in [0, 0.05) is 25.7 Å². The lowest BCUT2D eigenvalue weighted by Gasteiger charge is -2.24. The van der Waals surface area contributed by atoms with Crippen molar-refractivity contribution in [3.8, 4) is 0 Å². The molecule has 1 saturated heterocycles. The van der Waals surface area contributed by atoms with E-state index in [4.69, 9.17) is 0 Å². The van der Waals surface area contributed by atoms with Crippen molar-refractivity contribution >= 4 is 11.9 Å². The van der Waals surface area contributed by atoms with Crippen molar-refractivity contribution in [3.05, 3.63) is 0 Å². The van der Waals surface area contributed by atoms with Crippen LogP contribution in [0.4, 0.5) is 4.79 Å². The summed E-state index contributed by atoms with van der Waals surface area (Å²) in [6.45, 7) is 2.30. The van der Waals surface area contributed by atoms with Crippen LogP contribution in [0.25, 0.3) is 0 Å². The fraction of sp³-hybridized carbons (Fsp3) is 0.833. The third kappa shape index (κ3) is 3.96. The average Bonchev–Trinajstić information content (AvgIpc) is 3.07. The molecule has 102 valence electrons. The summed E-state index contributed by atoms with van der Waals surface area (Å²) < 4.78 is 0. The number of hydrogen-bond acceptors (Lipinski definition) is 4. The largest absolute Gasteiger partial charge is 0.341 e. The number of nitrogens with one attached hydrogen (secondary N) is 3. The first kappa shape index (κ1) is 13.3. The van der Waals surface area contributed by atoms with Crippen molar-refractivity contribution in [3.63, 3.8) is 0 Å². The van der Waals surface area contributed by atoms with Gasteiger partial charge in [0.15, 0.2) is 0 Å². The van der Waals surface area contributed by atoms with E-state index in [1.165, 1.54) is 32.7 Å². The van der Waals surface area contributed by atoms with E-state index in [0.717, 1.165) is 13.1 Å². The second-order valence-corrected chi connectivity index (χ2v) is 5.08. The lowest BCUT2D eigenvalue weighted by Crippen LogP contribution is -2.47. The molecule has 1 unspecified atom stereocenters. The summed E-state index contributed by atoms with van der Waals surface area (Å²) in [6.07, 6.45) is 4.73. The van der Waals surface area contributed by atoms with Gasteiger partial charge in [-0.25, -0.2) is 4.79 Å². The van der Waals surface area contributed by atoms with Gasteiger partial charge in [-0.1, -0.05) is 0 Å². The minimum Gasteiger partial charge on any atom is -0.341 e. The Balaban J connectivity index is 1.78. The van der Waals surface area contributed by atoms with Gasteiger partial charge in [0.2, 0.25) is 5.91 Å². The molecule has 18 heavy (non-hydrogen) atoms. The van der Waals surface area contributed by atoms with Crippen molar-refractivity contribution in [2.45, 2.75) is 37.8 Å². The summed E-state index contributed by atoms with van der Waals surface area (Å²) in [5.74, 6) is -0.223. The molecule has 1 aliphatic carbocycles. The Morgan fingerprint density at radius 2 is 2.11 bits per heavy atom. The van der Waals surface area contributed by atoms with Crippen molar-refractivity contribution in [2.24, 2.45) is 0 Å². The summed E-state index contributed by atoms with van der Waals surface area (Å²) >= 11 is 0. The summed E-state index contributed by atoms with van der Waals surface area (Å²) in [6, 6.07) is 0.593. The van der Waals surface area contributed by atoms with Crippen molar-refractivity contribution < 1.29 is 9.59 Å². The van der Waals surface area contributed by atoms with Crippen molar-refractivity contribution in [1.82, 2.24) is 20.9 Å². The maximum absolute atomic E-state index is 11.7. The van der Waals surface area contributed by atoms with E-state index in [1.807, 2.05) is 0 Å². The molecule has 1 atom stereocenters. The molecule has 3 amide bonds. The van der Waals surface area contributed by atoms with Crippen LogP contribution in [-0.2, 0) is 4.79 Å². The van der Waals surface area contributed by atoms with Crippen LogP contribution in [0.5, 0.6) is 0 Å². The number of urea groups is 1. The molecule has 6 heteroatoms. The Kier molecular flexibility index (Phi) is 4.54. The number of nitrogens with zero attached hydrogens (tertiary/aromatic N) is 1. The monoisotopic (exact) mass is 254 g/mol. The molecule has 0 spiro atoms. The Hall–Kier alpha value is -1.14. The lowest BCUT2D eigenvalue weighted by molar-refractivity contribution is -0.121. The first-order chi connectivity index (χ1) is 8.69. The third-order valence-electron chi connectivity index (χ3n) is 3.51. The van der Waals surface area contributed by atoms with E-state index in [9.17, 15) is 9.59 Å². The van der Waals surface area contributed by atoms with Crippen LogP contribution in [0.1, 0.15) is 25.7 Å². The molecular formula is C12H22N4O2. The van der Waals surface area contributed by atoms with Crippen molar-refractivity contribution in [1.29, 1.82) is 0 Å². The molecule has 3 N–H and O–H groups in total. The van der Waals surface area contributed by atoms with Gasteiger partial charge in [-0.3, -0.25) is 15.0 Å². The van der Waals surface area contributed by atoms with Gasteiger partial charge in [-0.15, -0.1) is 0 Å². The topological polar surface area (TPSA) is 73.5 Å². The zero-order valence-electron chi connectivity index (χ0n) is 10.9. The summed E-state index contributed by atoms with van der Waals surface area (Å²) in [5, 5.41) is 8.14. The molecule has 0 bridgehead atoms. The van der Waals surface area contributed by atoms with Crippen LogP contribution < -0.4 is 16.0 Å². The van der Waals surface area contributed by atoms with E-state index in [-0.39, 0.29) is 5.91 Å². The maximum atomic E-state index is 11.7. The summed E-state index contributed by atoms with van der Waals surface area (Å²) in [7, 11) is 1.50. The van der Waals surface area contributed by atoms with Gasteiger partial charge < -0.3 is 10.6 Å². The number of imide groups is 1. The molecule has 2 fully saturated rings. The van der Waals surface area contributed by atoms with E-state index in [1.54, 1.807) is 0 Å². The molecule has 6 nitrogen and oxygen atoms in total. The molecule has 0 radical (unpaired) electrons. The molecule has 0 aromatic carbocycles. The van der Waals surface area contributed by atoms with Crippen LogP contribution in [0, 0.1) is 0 Å². The third-order valence-corrected chi connectivity index (χ3v) is 3.51. The minimum atomic E-state index is -0.435. The van der Waals surface area contributed by atoms with E-state index in [2.05, 4.69) is 20.9 Å². The van der Waals surface area contributed by atoms with Gasteiger partial charge in [-0.05, 0) is 32.2 Å². The van der Waals surface area contributed by atoms with Crippen LogP contribution in [0.15, 0.2) is 0 Å². The predicted molar refractivity (Wildman–Crippen MR) is 68.2 cm³/mol. The number of carbonyl (C=O) groups excluding carboxylic acids is 2. The van der Waals surface area contributed by atoms with Gasteiger partial charge in [-0.2, -0.15) is 0 Å². The predicted octanol–water partition coefficient (Wildman–Crippen LogP) is -0.342. The van der Waals surface area contributed by atoms with Gasteiger partial charge >= 0.3 is 6.03 Å². The highest BCUT2D eigenvalue weighted by atomic mass is 16.2. The second-order valence-electron chi connectivity index (χ2n) is 5.08. The maximum Gasteiger partial charge on any atom is 0.321 e. The fourth-order valence-electron chi connectivity index (χ4n) is 2.39. The highest BCUT2D eigenvalue weighted by Crippen LogP contribution is 2.27. The van der Waals surface area contributed by atoms with E-state index in [0.29, 0.717) is 18.6 Å². The number of amides is 3. The zero-order chi connectivity index (χ0) is 13.0. The standard InChI is InChI=1S/C12H22N4O2/c1-13-12(18)15-11(17)8-16(10-4-5-10)7-9-3-2-6-14-9/h9-10,14H,2-8H2,1H3,(H2,13,15,17,18). The van der Waals surface area contributed by atoms with Gasteiger partial charge in [0.05, 0.1) is 6.54 Å². The van der Waals surface area contributed by atoms with Crippen LogP contribution in [0.2, 0.25) is 0 Å².